The number of carbonyl (C=O) groups excluding carboxylic acids is 2. The summed E-state index contributed by atoms with van der Waals surface area (Å²) >= 11 is 0. The van der Waals surface area contributed by atoms with E-state index in [0.29, 0.717) is 24.9 Å². The van der Waals surface area contributed by atoms with Crippen LogP contribution in [-0.2, 0) is 16.1 Å². The first-order valence-electron chi connectivity index (χ1n) is 10.6. The predicted octanol–water partition coefficient (Wildman–Crippen LogP) is 2.61. The monoisotopic (exact) mass is 372 g/mol. The SMILES string of the molecule is Cc1ccn(CC(=O)N2CC[C@]3(CCCN(CC4CCCCC4)C3=O)C2)n1. The van der Waals surface area contributed by atoms with E-state index in [1.165, 1.54) is 32.1 Å². The van der Waals surface area contributed by atoms with E-state index in [0.717, 1.165) is 38.0 Å². The molecule has 0 bridgehead atoms. The van der Waals surface area contributed by atoms with Gasteiger partial charge in [-0.05, 0) is 51.0 Å². The van der Waals surface area contributed by atoms with Crippen LogP contribution in [0.5, 0.6) is 0 Å². The van der Waals surface area contributed by atoms with E-state index in [1.54, 1.807) is 4.68 Å². The van der Waals surface area contributed by atoms with E-state index in [9.17, 15) is 9.59 Å². The molecule has 4 rings (SSSR count). The molecule has 2 aliphatic heterocycles. The summed E-state index contributed by atoms with van der Waals surface area (Å²) < 4.78 is 1.70. The van der Waals surface area contributed by atoms with Crippen LogP contribution in [0.15, 0.2) is 12.3 Å². The van der Waals surface area contributed by atoms with Crippen molar-refractivity contribution in [2.75, 3.05) is 26.2 Å². The smallest absolute Gasteiger partial charge is 0.244 e. The third-order valence-corrected chi connectivity index (χ3v) is 6.81. The van der Waals surface area contributed by atoms with Crippen molar-refractivity contribution in [3.05, 3.63) is 18.0 Å². The zero-order valence-corrected chi connectivity index (χ0v) is 16.5. The number of nitrogens with zero attached hydrogens (tertiary/aromatic N) is 4. The summed E-state index contributed by atoms with van der Waals surface area (Å²) in [7, 11) is 0. The zero-order chi connectivity index (χ0) is 18.9. The van der Waals surface area contributed by atoms with E-state index in [1.807, 2.05) is 24.1 Å². The topological polar surface area (TPSA) is 58.4 Å². The molecule has 27 heavy (non-hydrogen) atoms. The Morgan fingerprint density at radius 3 is 2.74 bits per heavy atom. The minimum Gasteiger partial charge on any atom is -0.342 e. The van der Waals surface area contributed by atoms with Crippen LogP contribution in [0.3, 0.4) is 0 Å². The van der Waals surface area contributed by atoms with Gasteiger partial charge in [0.15, 0.2) is 0 Å². The van der Waals surface area contributed by atoms with Crippen LogP contribution in [0.4, 0.5) is 0 Å². The maximum atomic E-state index is 13.3. The highest BCUT2D eigenvalue weighted by Gasteiger charge is 2.49. The van der Waals surface area contributed by atoms with Gasteiger partial charge in [-0.2, -0.15) is 5.10 Å². The van der Waals surface area contributed by atoms with Gasteiger partial charge in [-0.1, -0.05) is 19.3 Å². The first-order valence-corrected chi connectivity index (χ1v) is 10.6. The fraction of sp³-hybridized carbons (Fsp3) is 0.762. The second-order valence-electron chi connectivity index (χ2n) is 8.86. The van der Waals surface area contributed by atoms with Crippen molar-refractivity contribution >= 4 is 11.8 Å². The second-order valence-corrected chi connectivity index (χ2v) is 8.86. The maximum absolute atomic E-state index is 13.3. The molecule has 2 amide bonds. The minimum absolute atomic E-state index is 0.0761. The molecule has 0 N–H and O–H groups in total. The van der Waals surface area contributed by atoms with Crippen LogP contribution in [0, 0.1) is 18.3 Å². The highest BCUT2D eigenvalue weighted by atomic mass is 16.2. The summed E-state index contributed by atoms with van der Waals surface area (Å²) in [6, 6.07) is 1.91. The van der Waals surface area contributed by atoms with Crippen molar-refractivity contribution in [2.24, 2.45) is 11.3 Å². The Kier molecular flexibility index (Phi) is 5.24. The van der Waals surface area contributed by atoms with Crippen molar-refractivity contribution in [3.8, 4) is 0 Å². The largest absolute Gasteiger partial charge is 0.342 e. The van der Waals surface area contributed by atoms with E-state index in [4.69, 9.17) is 0 Å². The fourth-order valence-corrected chi connectivity index (χ4v) is 5.26. The molecule has 148 valence electrons. The normalized spacial score (nSPS) is 26.9. The zero-order valence-electron chi connectivity index (χ0n) is 16.5. The number of hydrogen-bond donors (Lipinski definition) is 0. The van der Waals surface area contributed by atoms with Gasteiger partial charge < -0.3 is 9.80 Å². The molecule has 3 fully saturated rings. The third kappa shape index (κ3) is 3.90. The Hall–Kier alpha value is -1.85. The van der Waals surface area contributed by atoms with E-state index in [2.05, 4.69) is 10.00 Å². The number of carbonyl (C=O) groups is 2. The summed E-state index contributed by atoms with van der Waals surface area (Å²) in [6.07, 6.45) is 11.2. The van der Waals surface area contributed by atoms with Crippen molar-refractivity contribution in [2.45, 2.75) is 64.8 Å². The van der Waals surface area contributed by atoms with Gasteiger partial charge in [-0.15, -0.1) is 0 Å². The quantitative estimate of drug-likeness (QED) is 0.816. The van der Waals surface area contributed by atoms with Gasteiger partial charge in [0.2, 0.25) is 11.8 Å². The van der Waals surface area contributed by atoms with E-state index < -0.39 is 0 Å². The first kappa shape index (κ1) is 18.5. The maximum Gasteiger partial charge on any atom is 0.244 e. The number of aromatic nitrogens is 2. The molecule has 1 aromatic heterocycles. The number of amides is 2. The van der Waals surface area contributed by atoms with E-state index >= 15 is 0 Å². The Morgan fingerprint density at radius 1 is 1.19 bits per heavy atom. The molecule has 6 heteroatoms. The average Bonchev–Trinajstić information content (AvgIpc) is 3.27. The first-order chi connectivity index (χ1) is 13.1. The van der Waals surface area contributed by atoms with Gasteiger partial charge in [-0.25, -0.2) is 0 Å². The number of piperidine rings is 1. The summed E-state index contributed by atoms with van der Waals surface area (Å²) in [5.41, 5.74) is 0.587. The summed E-state index contributed by atoms with van der Waals surface area (Å²) in [5.74, 6) is 1.07. The third-order valence-electron chi connectivity index (χ3n) is 6.81. The highest BCUT2D eigenvalue weighted by Crippen LogP contribution is 2.41. The average molecular weight is 373 g/mol. The van der Waals surface area contributed by atoms with Crippen molar-refractivity contribution in [1.29, 1.82) is 0 Å². The number of hydrogen-bond acceptors (Lipinski definition) is 3. The molecule has 3 heterocycles. The summed E-state index contributed by atoms with van der Waals surface area (Å²) in [6.45, 7) is 5.31. The van der Waals surface area contributed by atoms with Crippen LogP contribution in [0.25, 0.3) is 0 Å². The van der Waals surface area contributed by atoms with E-state index in [-0.39, 0.29) is 17.9 Å². The van der Waals surface area contributed by atoms with Crippen molar-refractivity contribution in [3.63, 3.8) is 0 Å². The number of rotatable bonds is 4. The highest BCUT2D eigenvalue weighted by molar-refractivity contribution is 5.86. The van der Waals surface area contributed by atoms with Crippen LogP contribution in [0.1, 0.15) is 57.1 Å². The molecule has 1 aromatic rings. The molecule has 0 aromatic carbocycles. The van der Waals surface area contributed by atoms with Gasteiger partial charge in [0.05, 0.1) is 11.1 Å². The lowest BCUT2D eigenvalue weighted by Crippen LogP contribution is -2.51. The minimum atomic E-state index is -0.331. The van der Waals surface area contributed by atoms with Gasteiger partial charge >= 0.3 is 0 Å². The molecule has 1 aliphatic carbocycles. The predicted molar refractivity (Wildman–Crippen MR) is 103 cm³/mol. The number of aryl methyl sites for hydroxylation is 1. The van der Waals surface area contributed by atoms with Gasteiger partial charge in [0.1, 0.15) is 6.54 Å². The molecule has 0 radical (unpaired) electrons. The van der Waals surface area contributed by atoms with Crippen molar-refractivity contribution in [1.82, 2.24) is 19.6 Å². The Bertz CT molecular complexity index is 694. The van der Waals surface area contributed by atoms with Gasteiger partial charge in [0, 0.05) is 32.4 Å². The van der Waals surface area contributed by atoms with Crippen LogP contribution >= 0.6 is 0 Å². The molecule has 1 spiro atoms. The summed E-state index contributed by atoms with van der Waals surface area (Å²) in [5, 5.41) is 4.31. The van der Waals surface area contributed by atoms with Gasteiger partial charge in [-0.3, -0.25) is 14.3 Å². The van der Waals surface area contributed by atoms with Gasteiger partial charge in [0.25, 0.3) is 0 Å². The lowest BCUT2D eigenvalue weighted by molar-refractivity contribution is -0.147. The Balaban J connectivity index is 1.37. The number of likely N-dealkylation sites (tertiary alicyclic amines) is 2. The Morgan fingerprint density at radius 2 is 2.00 bits per heavy atom. The lowest BCUT2D eigenvalue weighted by atomic mass is 9.77. The molecule has 2 saturated heterocycles. The standard InChI is InChI=1S/C21H32N4O2/c1-17-8-12-25(22-17)15-19(26)24-13-10-21(16-24)9-5-11-23(20(21)27)14-18-6-3-2-4-7-18/h8,12,18H,2-7,9-11,13-16H2,1H3/t21-/m1/s1. The molecule has 0 unspecified atom stereocenters. The van der Waals surface area contributed by atoms with Crippen LogP contribution in [0.2, 0.25) is 0 Å². The van der Waals surface area contributed by atoms with Crippen LogP contribution < -0.4 is 0 Å². The summed E-state index contributed by atoms with van der Waals surface area (Å²) in [4.78, 5) is 30.0. The molecule has 1 atom stereocenters. The van der Waals surface area contributed by atoms with Crippen LogP contribution in [-0.4, -0.2) is 57.6 Å². The Labute approximate surface area is 161 Å². The lowest BCUT2D eigenvalue weighted by Gasteiger charge is -2.41. The van der Waals surface area contributed by atoms with Crippen molar-refractivity contribution < 1.29 is 9.59 Å². The molecule has 6 nitrogen and oxygen atoms in total. The molecular formula is C21H32N4O2. The molecule has 1 saturated carbocycles. The fourth-order valence-electron chi connectivity index (χ4n) is 5.26. The second kappa shape index (κ2) is 7.64. The molecule has 3 aliphatic rings. The molecular weight excluding hydrogens is 340 g/mol.